The monoisotopic (exact) mass is 209 g/mol. The Hall–Kier alpha value is -0.940. The van der Waals surface area contributed by atoms with Crippen LogP contribution in [0.5, 0.6) is 0 Å². The van der Waals surface area contributed by atoms with E-state index in [1.807, 2.05) is 24.3 Å². The zero-order chi connectivity index (χ0) is 8.10. The quantitative estimate of drug-likeness (QED) is 0.739. The zero-order valence-electron chi connectivity index (χ0n) is 5.97. The van der Waals surface area contributed by atoms with E-state index in [1.54, 1.807) is 0 Å². The first kappa shape index (κ1) is 8.16. The summed E-state index contributed by atoms with van der Waals surface area (Å²) >= 11 is 3.35. The molecule has 0 aliphatic rings. The molecule has 1 rings (SSSR count). The van der Waals surface area contributed by atoms with E-state index in [4.69, 9.17) is 6.42 Å². The predicted octanol–water partition coefficient (Wildman–Crippen LogP) is 2.49. The molecule has 0 fully saturated rings. The maximum atomic E-state index is 5.08. The molecule has 0 unspecified atom stereocenters. The lowest BCUT2D eigenvalue weighted by Gasteiger charge is -2.00. The van der Waals surface area contributed by atoms with Crippen molar-refractivity contribution in [1.82, 2.24) is 0 Å². The topological polar surface area (TPSA) is 12.0 Å². The third-order valence-electron chi connectivity index (χ3n) is 1.24. The highest BCUT2D eigenvalue weighted by Crippen LogP contribution is 2.13. The van der Waals surface area contributed by atoms with Gasteiger partial charge in [-0.2, -0.15) is 0 Å². The maximum Gasteiger partial charge on any atom is 0.0763 e. The van der Waals surface area contributed by atoms with Crippen molar-refractivity contribution < 1.29 is 0 Å². The van der Waals surface area contributed by atoms with E-state index in [9.17, 15) is 0 Å². The molecule has 0 aliphatic carbocycles. The number of nitrogens with one attached hydrogen (secondary N) is 1. The summed E-state index contributed by atoms with van der Waals surface area (Å²) < 4.78 is 1.07. The van der Waals surface area contributed by atoms with E-state index in [0.717, 1.165) is 10.2 Å². The van der Waals surface area contributed by atoms with Crippen LogP contribution in [0.25, 0.3) is 0 Å². The van der Waals surface area contributed by atoms with Crippen LogP contribution in [0.4, 0.5) is 5.69 Å². The van der Waals surface area contributed by atoms with E-state index in [2.05, 4.69) is 27.2 Å². The van der Waals surface area contributed by atoms with Gasteiger partial charge in [-0.05, 0) is 24.3 Å². The summed E-state index contributed by atoms with van der Waals surface area (Å²) in [7, 11) is 0. The summed E-state index contributed by atoms with van der Waals surface area (Å²) in [5.74, 6) is 2.51. The van der Waals surface area contributed by atoms with E-state index < -0.39 is 0 Å². The summed E-state index contributed by atoms with van der Waals surface area (Å²) in [6.07, 6.45) is 5.08. The molecule has 0 amide bonds. The van der Waals surface area contributed by atoms with Gasteiger partial charge in [0.1, 0.15) is 0 Å². The van der Waals surface area contributed by atoms with Gasteiger partial charge in [-0.3, -0.25) is 0 Å². The third kappa shape index (κ3) is 2.65. The van der Waals surface area contributed by atoms with Gasteiger partial charge in [0.15, 0.2) is 0 Å². The second-order valence-corrected chi connectivity index (χ2v) is 2.98. The molecule has 2 heteroatoms. The van der Waals surface area contributed by atoms with Crippen LogP contribution in [0.3, 0.4) is 0 Å². The fraction of sp³-hybridized carbons (Fsp3) is 0.111. The molecular formula is C9H8BrN. The van der Waals surface area contributed by atoms with Crippen molar-refractivity contribution in [2.24, 2.45) is 0 Å². The van der Waals surface area contributed by atoms with Crippen molar-refractivity contribution in [2.45, 2.75) is 0 Å². The van der Waals surface area contributed by atoms with Crippen molar-refractivity contribution in [3.63, 3.8) is 0 Å². The highest BCUT2D eigenvalue weighted by Gasteiger charge is 1.87. The molecule has 0 radical (unpaired) electrons. The third-order valence-corrected chi connectivity index (χ3v) is 1.77. The van der Waals surface area contributed by atoms with Crippen LogP contribution in [0, 0.1) is 12.3 Å². The van der Waals surface area contributed by atoms with Gasteiger partial charge in [0.25, 0.3) is 0 Å². The molecule has 1 aromatic rings. The van der Waals surface area contributed by atoms with Crippen molar-refractivity contribution in [1.29, 1.82) is 0 Å². The molecular weight excluding hydrogens is 202 g/mol. The summed E-state index contributed by atoms with van der Waals surface area (Å²) in [5, 5.41) is 3.06. The second-order valence-electron chi connectivity index (χ2n) is 2.06. The second kappa shape index (κ2) is 4.05. The minimum atomic E-state index is 0.571. The average molecular weight is 210 g/mol. The highest BCUT2D eigenvalue weighted by atomic mass is 79.9. The van der Waals surface area contributed by atoms with Crippen LogP contribution in [0.1, 0.15) is 0 Å². The Bertz CT molecular complexity index is 258. The minimum Gasteiger partial charge on any atom is -0.374 e. The Balaban J connectivity index is 2.60. The molecule has 0 heterocycles. The number of anilines is 1. The molecule has 0 spiro atoms. The van der Waals surface area contributed by atoms with E-state index in [-0.39, 0.29) is 0 Å². The van der Waals surface area contributed by atoms with Crippen LogP contribution >= 0.6 is 15.9 Å². The Kier molecular flexibility index (Phi) is 3.00. The van der Waals surface area contributed by atoms with Crippen LogP contribution in [-0.4, -0.2) is 6.54 Å². The van der Waals surface area contributed by atoms with Gasteiger partial charge in [-0.1, -0.05) is 21.9 Å². The largest absolute Gasteiger partial charge is 0.374 e. The Morgan fingerprint density at radius 2 is 2.00 bits per heavy atom. The number of hydrogen-bond donors (Lipinski definition) is 1. The maximum absolute atomic E-state index is 5.08. The fourth-order valence-corrected chi connectivity index (χ4v) is 0.985. The Morgan fingerprint density at radius 1 is 1.36 bits per heavy atom. The molecule has 1 aromatic carbocycles. The molecule has 1 N–H and O–H groups in total. The van der Waals surface area contributed by atoms with Gasteiger partial charge in [-0.15, -0.1) is 6.42 Å². The van der Waals surface area contributed by atoms with Gasteiger partial charge in [0.05, 0.1) is 6.54 Å². The van der Waals surface area contributed by atoms with Gasteiger partial charge >= 0.3 is 0 Å². The Labute approximate surface area is 74.9 Å². The SMILES string of the molecule is C#CCNc1ccc(Br)cc1. The normalized spacial score (nSPS) is 8.73. The molecule has 0 aliphatic heterocycles. The van der Waals surface area contributed by atoms with Crippen LogP contribution in [0.15, 0.2) is 28.7 Å². The standard InChI is InChI=1S/C9H8BrN/c1-2-7-11-9-5-3-8(10)4-6-9/h1,3-6,11H,7H2. The molecule has 11 heavy (non-hydrogen) atoms. The lowest BCUT2D eigenvalue weighted by Crippen LogP contribution is -1.97. The number of hydrogen-bond acceptors (Lipinski definition) is 1. The molecule has 0 atom stereocenters. The van der Waals surface area contributed by atoms with E-state index in [0.29, 0.717) is 6.54 Å². The number of terminal acetylenes is 1. The van der Waals surface area contributed by atoms with Gasteiger partial charge < -0.3 is 5.32 Å². The average Bonchev–Trinajstić information content (AvgIpc) is 2.04. The minimum absolute atomic E-state index is 0.571. The number of benzene rings is 1. The van der Waals surface area contributed by atoms with Crippen LogP contribution in [0.2, 0.25) is 0 Å². The first-order valence-electron chi connectivity index (χ1n) is 3.26. The van der Waals surface area contributed by atoms with Gasteiger partial charge in [0.2, 0.25) is 0 Å². The molecule has 0 saturated heterocycles. The molecule has 1 nitrogen and oxygen atoms in total. The van der Waals surface area contributed by atoms with Gasteiger partial charge in [-0.25, -0.2) is 0 Å². The lowest BCUT2D eigenvalue weighted by molar-refractivity contribution is 1.38. The van der Waals surface area contributed by atoms with Crippen molar-refractivity contribution in [3.05, 3.63) is 28.7 Å². The number of halogens is 1. The van der Waals surface area contributed by atoms with Crippen molar-refractivity contribution >= 4 is 21.6 Å². The Morgan fingerprint density at radius 3 is 2.55 bits per heavy atom. The first-order chi connectivity index (χ1) is 5.33. The molecule has 56 valence electrons. The highest BCUT2D eigenvalue weighted by molar-refractivity contribution is 9.10. The lowest BCUT2D eigenvalue weighted by atomic mass is 10.3. The van der Waals surface area contributed by atoms with E-state index in [1.165, 1.54) is 0 Å². The first-order valence-corrected chi connectivity index (χ1v) is 4.05. The van der Waals surface area contributed by atoms with Crippen LogP contribution < -0.4 is 5.32 Å². The smallest absolute Gasteiger partial charge is 0.0763 e. The summed E-state index contributed by atoms with van der Waals surface area (Å²) in [4.78, 5) is 0. The fourth-order valence-electron chi connectivity index (χ4n) is 0.721. The predicted molar refractivity (Wildman–Crippen MR) is 51.5 cm³/mol. The van der Waals surface area contributed by atoms with Gasteiger partial charge in [0, 0.05) is 10.2 Å². The van der Waals surface area contributed by atoms with E-state index >= 15 is 0 Å². The molecule has 0 aromatic heterocycles. The summed E-state index contributed by atoms with van der Waals surface area (Å²) in [6.45, 7) is 0.571. The van der Waals surface area contributed by atoms with Crippen LogP contribution in [-0.2, 0) is 0 Å². The summed E-state index contributed by atoms with van der Waals surface area (Å²) in [5.41, 5.74) is 1.05. The number of rotatable bonds is 2. The molecule has 0 bridgehead atoms. The van der Waals surface area contributed by atoms with Crippen molar-refractivity contribution in [3.8, 4) is 12.3 Å². The molecule has 0 saturated carbocycles. The van der Waals surface area contributed by atoms with Crippen molar-refractivity contribution in [2.75, 3.05) is 11.9 Å². The zero-order valence-corrected chi connectivity index (χ0v) is 7.56. The summed E-state index contributed by atoms with van der Waals surface area (Å²) in [6, 6.07) is 7.89.